The fourth-order valence-electron chi connectivity index (χ4n) is 4.37. The normalized spacial score (nSPS) is 19.7. The zero-order chi connectivity index (χ0) is 32.1. The number of esters is 1. The smallest absolute Gasteiger partial charge is 0.435 e. The van der Waals surface area contributed by atoms with Gasteiger partial charge in [-0.15, -0.1) is 16.9 Å². The number of aliphatic hydroxyl groups is 1. The number of ether oxygens (including phenoxy) is 3. The van der Waals surface area contributed by atoms with E-state index in [2.05, 4.69) is 20.8 Å². The quantitative estimate of drug-likeness (QED) is 0.0925. The standard InChI is InChI=1S/C26H31N7O9S2/c1-5-40-26(39)42-13(3)41-24(38)18-14(11-44-25-29-30-31-32(25)4)10-43-23-17(22(37)33(18)23)28-21(36)20(35)16-9-7-6-8-15(16)19(34)12(2)27/h6-9,12-13,17,20,23,35H,5,10-11,27H2,1-4H3,(H,28,36)/t12-,13?,17?,20?,23-/m0/s1. The molecule has 1 saturated heterocycles. The number of nitrogens with one attached hydrogen (secondary N) is 1. The summed E-state index contributed by atoms with van der Waals surface area (Å²) in [6.45, 7) is 4.45. The summed E-state index contributed by atoms with van der Waals surface area (Å²) in [5.41, 5.74) is 6.31. The number of nitrogens with zero attached hydrogens (tertiary/aromatic N) is 5. The Morgan fingerprint density at radius 3 is 2.61 bits per heavy atom. The molecule has 1 aromatic carbocycles. The van der Waals surface area contributed by atoms with Gasteiger partial charge in [0.2, 0.25) is 11.4 Å². The van der Waals surface area contributed by atoms with Gasteiger partial charge in [0.05, 0.1) is 12.6 Å². The van der Waals surface area contributed by atoms with Crippen molar-refractivity contribution in [3.05, 3.63) is 46.7 Å². The topological polar surface area (TPSA) is 218 Å². The van der Waals surface area contributed by atoms with Gasteiger partial charge in [-0.25, -0.2) is 14.3 Å². The Morgan fingerprint density at radius 2 is 1.95 bits per heavy atom. The van der Waals surface area contributed by atoms with E-state index in [1.807, 2.05) is 0 Å². The van der Waals surface area contributed by atoms with Crippen LogP contribution < -0.4 is 11.1 Å². The molecule has 2 amide bonds. The largest absolute Gasteiger partial charge is 0.511 e. The molecular formula is C26H31N7O9S2. The van der Waals surface area contributed by atoms with Gasteiger partial charge >= 0.3 is 12.1 Å². The maximum absolute atomic E-state index is 13.4. The number of benzene rings is 1. The van der Waals surface area contributed by atoms with Crippen LogP contribution in [0.4, 0.5) is 4.79 Å². The van der Waals surface area contributed by atoms with Crippen molar-refractivity contribution in [2.75, 3.05) is 18.1 Å². The number of hydrogen-bond acceptors (Lipinski definition) is 15. The molecule has 0 bridgehead atoms. The molecule has 1 fully saturated rings. The summed E-state index contributed by atoms with van der Waals surface area (Å²) in [6.07, 6.45) is -4.13. The summed E-state index contributed by atoms with van der Waals surface area (Å²) in [5, 5.41) is 24.4. The lowest BCUT2D eigenvalue weighted by Gasteiger charge is -2.50. The van der Waals surface area contributed by atoms with Crippen molar-refractivity contribution in [2.24, 2.45) is 12.8 Å². The number of amides is 2. The average molecular weight is 650 g/mol. The van der Waals surface area contributed by atoms with Crippen molar-refractivity contribution in [1.82, 2.24) is 30.4 Å². The predicted molar refractivity (Wildman–Crippen MR) is 155 cm³/mol. The van der Waals surface area contributed by atoms with Gasteiger partial charge in [-0.1, -0.05) is 36.0 Å². The summed E-state index contributed by atoms with van der Waals surface area (Å²) in [7, 11) is 1.65. The van der Waals surface area contributed by atoms with E-state index in [4.69, 9.17) is 19.9 Å². The summed E-state index contributed by atoms with van der Waals surface area (Å²) in [4.78, 5) is 65.3. The molecule has 2 aliphatic rings. The van der Waals surface area contributed by atoms with Crippen LogP contribution in [0.25, 0.3) is 0 Å². The van der Waals surface area contributed by atoms with E-state index in [-0.39, 0.29) is 34.9 Å². The Labute approximate surface area is 260 Å². The van der Waals surface area contributed by atoms with Crippen LogP contribution in [0.15, 0.2) is 40.7 Å². The molecule has 3 unspecified atom stereocenters. The maximum Gasteiger partial charge on any atom is 0.511 e. The third-order valence-electron chi connectivity index (χ3n) is 6.48. The van der Waals surface area contributed by atoms with Crippen LogP contribution in [0, 0.1) is 0 Å². The van der Waals surface area contributed by atoms with Gasteiger partial charge < -0.3 is 30.4 Å². The van der Waals surface area contributed by atoms with Gasteiger partial charge in [-0.2, -0.15) is 0 Å². The molecule has 44 heavy (non-hydrogen) atoms. The number of thioether (sulfide) groups is 2. The molecule has 4 N–H and O–H groups in total. The van der Waals surface area contributed by atoms with Crippen LogP contribution in [0.3, 0.4) is 0 Å². The summed E-state index contributed by atoms with van der Waals surface area (Å²) in [6, 6.07) is 4.07. The Kier molecular flexibility index (Phi) is 10.6. The minimum atomic E-state index is -1.77. The highest BCUT2D eigenvalue weighted by Crippen LogP contribution is 2.42. The third kappa shape index (κ3) is 7.03. The van der Waals surface area contributed by atoms with Crippen LogP contribution in [-0.4, -0.2) is 102 Å². The first-order valence-electron chi connectivity index (χ1n) is 13.4. The zero-order valence-corrected chi connectivity index (χ0v) is 25.8. The molecule has 0 aliphatic carbocycles. The lowest BCUT2D eigenvalue weighted by Crippen LogP contribution is -2.71. The number of hydrogen-bond donors (Lipinski definition) is 3. The molecule has 2 aliphatic heterocycles. The Bertz CT molecular complexity index is 1480. The first-order valence-corrected chi connectivity index (χ1v) is 15.4. The minimum Gasteiger partial charge on any atom is -0.435 e. The number of tetrazole rings is 1. The van der Waals surface area contributed by atoms with Crippen LogP contribution in [0.2, 0.25) is 0 Å². The first kappa shape index (κ1) is 32.9. The van der Waals surface area contributed by atoms with Crippen molar-refractivity contribution in [1.29, 1.82) is 0 Å². The number of carbonyl (C=O) groups is 5. The molecule has 16 nitrogen and oxygen atoms in total. The number of aliphatic hydroxyl groups excluding tert-OH is 1. The second-order valence-electron chi connectivity index (χ2n) is 9.64. The lowest BCUT2D eigenvalue weighted by atomic mass is 9.95. The number of ketones is 1. The van der Waals surface area contributed by atoms with Crippen molar-refractivity contribution in [3.63, 3.8) is 0 Å². The van der Waals surface area contributed by atoms with Crippen LogP contribution in [-0.2, 0) is 35.6 Å². The summed E-state index contributed by atoms with van der Waals surface area (Å²) >= 11 is 2.52. The van der Waals surface area contributed by atoms with E-state index in [0.29, 0.717) is 10.7 Å². The van der Waals surface area contributed by atoms with E-state index >= 15 is 0 Å². The third-order valence-corrected chi connectivity index (χ3v) is 8.91. The number of carbonyl (C=O) groups excluding carboxylic acids is 5. The van der Waals surface area contributed by atoms with Crippen molar-refractivity contribution < 1.29 is 43.3 Å². The highest BCUT2D eigenvalue weighted by Gasteiger charge is 2.55. The molecule has 0 saturated carbocycles. The van der Waals surface area contributed by atoms with E-state index in [9.17, 15) is 29.1 Å². The number of nitrogens with two attached hydrogens (primary N) is 1. The van der Waals surface area contributed by atoms with Crippen molar-refractivity contribution in [3.8, 4) is 0 Å². The maximum atomic E-state index is 13.4. The number of rotatable bonds is 12. The fraction of sp³-hybridized carbons (Fsp3) is 0.462. The average Bonchev–Trinajstić information content (AvgIpc) is 3.41. The molecule has 3 heterocycles. The molecular weight excluding hydrogens is 618 g/mol. The van der Waals surface area contributed by atoms with E-state index in [1.54, 1.807) is 26.1 Å². The molecule has 1 aromatic heterocycles. The predicted octanol–water partition coefficient (Wildman–Crippen LogP) is 0.282. The Morgan fingerprint density at radius 1 is 1.23 bits per heavy atom. The minimum absolute atomic E-state index is 0.0459. The van der Waals surface area contributed by atoms with Crippen LogP contribution in [0.1, 0.15) is 42.8 Å². The number of β-lactam (4-membered cyclic amide) rings is 1. The monoisotopic (exact) mass is 649 g/mol. The van der Waals surface area contributed by atoms with Gasteiger partial charge in [0, 0.05) is 36.6 Å². The highest BCUT2D eigenvalue weighted by atomic mass is 32.2. The fourth-order valence-corrected chi connectivity index (χ4v) is 6.71. The summed E-state index contributed by atoms with van der Waals surface area (Å²) in [5.74, 6) is -2.44. The van der Waals surface area contributed by atoms with Crippen molar-refractivity contribution >= 4 is 53.2 Å². The molecule has 18 heteroatoms. The van der Waals surface area contributed by atoms with Crippen LogP contribution in [0.5, 0.6) is 0 Å². The van der Waals surface area contributed by atoms with Gasteiger partial charge in [0.1, 0.15) is 17.1 Å². The van der Waals surface area contributed by atoms with Crippen molar-refractivity contribution in [2.45, 2.75) is 55.8 Å². The molecule has 0 spiro atoms. The van der Waals surface area contributed by atoms with E-state index < -0.39 is 59.6 Å². The lowest BCUT2D eigenvalue weighted by molar-refractivity contribution is -0.169. The SMILES string of the molecule is CCOC(=O)OC(C)OC(=O)C1=C(CSc2nnnn2C)CS[C@H]2C(NC(=O)C(O)c3ccccc3C(=O)[C@H](C)N)C(=O)N12. The molecule has 4 rings (SSSR count). The number of aryl methyl sites for hydroxylation is 1. The molecule has 2 aromatic rings. The highest BCUT2D eigenvalue weighted by molar-refractivity contribution is 8.01. The Balaban J connectivity index is 1.53. The second-order valence-corrected chi connectivity index (χ2v) is 11.7. The number of Topliss-reactive ketones (excluding diaryl/α,β-unsaturated/α-hetero) is 1. The second kappa shape index (κ2) is 14.2. The van der Waals surface area contributed by atoms with Crippen LogP contribution >= 0.6 is 23.5 Å². The van der Waals surface area contributed by atoms with Gasteiger partial charge in [0.25, 0.3) is 11.8 Å². The molecule has 236 valence electrons. The van der Waals surface area contributed by atoms with E-state index in [1.165, 1.54) is 59.1 Å². The number of fused-ring (bicyclic) bond motifs is 1. The van der Waals surface area contributed by atoms with Gasteiger partial charge in [-0.05, 0) is 29.8 Å². The van der Waals surface area contributed by atoms with Gasteiger partial charge in [-0.3, -0.25) is 19.3 Å². The first-order chi connectivity index (χ1) is 20.9. The molecule has 5 atom stereocenters. The Hall–Kier alpha value is -4.00. The zero-order valence-electron chi connectivity index (χ0n) is 24.2. The van der Waals surface area contributed by atoms with E-state index in [0.717, 1.165) is 0 Å². The summed E-state index contributed by atoms with van der Waals surface area (Å²) < 4.78 is 16.4. The molecule has 0 radical (unpaired) electrons. The van der Waals surface area contributed by atoms with Gasteiger partial charge in [0.15, 0.2) is 11.9 Å². The number of aromatic nitrogens is 4.